The van der Waals surface area contributed by atoms with Crippen LogP contribution in [-0.2, 0) is 17.1 Å². The first-order valence-corrected chi connectivity index (χ1v) is 5.04. The number of carbonyl (C=O) groups is 1. The second-order valence-corrected chi connectivity index (χ2v) is 3.57. The Morgan fingerprint density at radius 2 is 1.42 bits per heavy atom. The van der Waals surface area contributed by atoms with Crippen molar-refractivity contribution in [1.82, 2.24) is 0 Å². The Labute approximate surface area is 104 Å². The van der Waals surface area contributed by atoms with Crippen molar-refractivity contribution in [3.63, 3.8) is 0 Å². The molecule has 1 aromatic rings. The van der Waals surface area contributed by atoms with Crippen molar-refractivity contribution in [2.24, 2.45) is 0 Å². The fourth-order valence-electron chi connectivity index (χ4n) is 1.19. The number of rotatable bonds is 2. The number of esters is 1. The van der Waals surface area contributed by atoms with Gasteiger partial charge in [0.05, 0.1) is 11.1 Å². The molecule has 0 bridgehead atoms. The SMILES string of the molecule is CCC(=O)Oc1cc(C(F)(F)F)cc(C(F)(F)F)c1. The van der Waals surface area contributed by atoms with Crippen LogP contribution in [0.3, 0.4) is 0 Å². The van der Waals surface area contributed by atoms with E-state index >= 15 is 0 Å². The van der Waals surface area contributed by atoms with Gasteiger partial charge in [-0.3, -0.25) is 4.79 Å². The number of alkyl halides is 6. The molecule has 0 unspecified atom stereocenters. The molecule has 0 spiro atoms. The van der Waals surface area contributed by atoms with Crippen molar-refractivity contribution in [2.75, 3.05) is 0 Å². The van der Waals surface area contributed by atoms with E-state index in [2.05, 4.69) is 4.74 Å². The first-order chi connectivity index (χ1) is 8.54. The minimum Gasteiger partial charge on any atom is -0.427 e. The Hall–Kier alpha value is -1.73. The van der Waals surface area contributed by atoms with E-state index in [4.69, 9.17) is 0 Å². The number of hydrogen-bond acceptors (Lipinski definition) is 2. The van der Waals surface area contributed by atoms with Crippen LogP contribution in [0.15, 0.2) is 18.2 Å². The molecule has 1 aromatic carbocycles. The number of halogens is 6. The van der Waals surface area contributed by atoms with Crippen LogP contribution in [0, 0.1) is 0 Å². The third-order valence-electron chi connectivity index (χ3n) is 2.08. The highest BCUT2D eigenvalue weighted by atomic mass is 19.4. The summed E-state index contributed by atoms with van der Waals surface area (Å²) in [6.07, 6.45) is -10.1. The summed E-state index contributed by atoms with van der Waals surface area (Å²) in [5.74, 6) is -1.71. The number of hydrogen-bond donors (Lipinski definition) is 0. The second kappa shape index (κ2) is 5.10. The second-order valence-electron chi connectivity index (χ2n) is 3.57. The molecular weight excluding hydrogens is 278 g/mol. The number of benzene rings is 1. The van der Waals surface area contributed by atoms with Gasteiger partial charge in [0, 0.05) is 6.42 Å². The highest BCUT2D eigenvalue weighted by molar-refractivity contribution is 5.72. The normalized spacial score (nSPS) is 12.4. The lowest BCUT2D eigenvalue weighted by Gasteiger charge is -2.13. The van der Waals surface area contributed by atoms with E-state index in [1.54, 1.807) is 0 Å². The summed E-state index contributed by atoms with van der Waals surface area (Å²) in [7, 11) is 0. The van der Waals surface area contributed by atoms with Gasteiger partial charge in [-0.1, -0.05) is 6.92 Å². The van der Waals surface area contributed by atoms with E-state index in [0.717, 1.165) is 0 Å². The van der Waals surface area contributed by atoms with Gasteiger partial charge in [0.2, 0.25) is 0 Å². The summed E-state index contributed by atoms with van der Waals surface area (Å²) in [5.41, 5.74) is -3.05. The van der Waals surface area contributed by atoms with E-state index in [-0.39, 0.29) is 12.5 Å². The molecule has 0 aliphatic heterocycles. The van der Waals surface area contributed by atoms with E-state index in [1.807, 2.05) is 0 Å². The van der Waals surface area contributed by atoms with Crippen molar-refractivity contribution in [3.8, 4) is 5.75 Å². The summed E-state index contributed by atoms with van der Waals surface area (Å²) < 4.78 is 79.1. The highest BCUT2D eigenvalue weighted by Gasteiger charge is 2.37. The van der Waals surface area contributed by atoms with E-state index < -0.39 is 35.2 Å². The number of ether oxygens (including phenoxy) is 1. The molecule has 19 heavy (non-hydrogen) atoms. The van der Waals surface area contributed by atoms with Gasteiger partial charge in [0.25, 0.3) is 0 Å². The standard InChI is InChI=1S/C11H8F6O2/c1-2-9(18)19-8-4-6(10(12,13)14)3-7(5-8)11(15,16)17/h3-5H,2H2,1H3. The van der Waals surface area contributed by atoms with Crippen LogP contribution in [-0.4, -0.2) is 5.97 Å². The molecule has 8 heteroatoms. The fourth-order valence-corrected chi connectivity index (χ4v) is 1.19. The molecule has 0 fully saturated rings. The summed E-state index contributed by atoms with van der Waals surface area (Å²) in [5, 5.41) is 0. The van der Waals surface area contributed by atoms with Gasteiger partial charge >= 0.3 is 18.3 Å². The fraction of sp³-hybridized carbons (Fsp3) is 0.364. The van der Waals surface area contributed by atoms with Gasteiger partial charge in [-0.15, -0.1) is 0 Å². The zero-order valence-electron chi connectivity index (χ0n) is 9.52. The van der Waals surface area contributed by atoms with Gasteiger partial charge in [0.15, 0.2) is 0 Å². The third kappa shape index (κ3) is 4.15. The maximum Gasteiger partial charge on any atom is 0.416 e. The van der Waals surface area contributed by atoms with Crippen molar-refractivity contribution < 1.29 is 35.9 Å². The maximum atomic E-state index is 12.4. The van der Waals surface area contributed by atoms with Crippen LogP contribution in [0.1, 0.15) is 24.5 Å². The Morgan fingerprint density at radius 3 is 1.74 bits per heavy atom. The largest absolute Gasteiger partial charge is 0.427 e. The summed E-state index contributed by atoms with van der Waals surface area (Å²) in [4.78, 5) is 10.9. The Kier molecular flexibility index (Phi) is 4.12. The summed E-state index contributed by atoms with van der Waals surface area (Å²) in [6, 6.07) is 0.662. The predicted octanol–water partition coefficient (Wildman–Crippen LogP) is 4.04. The van der Waals surface area contributed by atoms with Crippen LogP contribution < -0.4 is 4.74 Å². The van der Waals surface area contributed by atoms with Crippen LogP contribution in [0.2, 0.25) is 0 Å². The highest BCUT2D eigenvalue weighted by Crippen LogP contribution is 2.38. The minimum absolute atomic E-state index is 0.0384. The molecule has 0 aliphatic carbocycles. The van der Waals surface area contributed by atoms with Crippen molar-refractivity contribution in [3.05, 3.63) is 29.3 Å². The number of carbonyl (C=O) groups excluding carboxylic acids is 1. The van der Waals surface area contributed by atoms with Gasteiger partial charge in [0.1, 0.15) is 5.75 Å². The van der Waals surface area contributed by atoms with Gasteiger partial charge < -0.3 is 4.74 Å². The quantitative estimate of drug-likeness (QED) is 0.466. The van der Waals surface area contributed by atoms with E-state index in [9.17, 15) is 31.1 Å². The Bertz CT molecular complexity index is 443. The molecular formula is C11H8F6O2. The lowest BCUT2D eigenvalue weighted by Crippen LogP contribution is -2.13. The Morgan fingerprint density at radius 1 is 1.00 bits per heavy atom. The van der Waals surface area contributed by atoms with E-state index in [0.29, 0.717) is 12.1 Å². The molecule has 0 atom stereocenters. The molecule has 106 valence electrons. The summed E-state index contributed by atoms with van der Waals surface area (Å²) >= 11 is 0. The third-order valence-corrected chi connectivity index (χ3v) is 2.08. The zero-order chi connectivity index (χ0) is 14.8. The molecule has 0 radical (unpaired) electrons. The first-order valence-electron chi connectivity index (χ1n) is 5.04. The molecule has 0 aliphatic rings. The van der Waals surface area contributed by atoms with Gasteiger partial charge in [-0.2, -0.15) is 26.3 Å². The maximum absolute atomic E-state index is 12.4. The average Bonchev–Trinajstić information content (AvgIpc) is 2.26. The smallest absolute Gasteiger partial charge is 0.416 e. The molecule has 1 rings (SSSR count). The van der Waals surface area contributed by atoms with E-state index in [1.165, 1.54) is 6.92 Å². The molecule has 2 nitrogen and oxygen atoms in total. The monoisotopic (exact) mass is 286 g/mol. The zero-order valence-corrected chi connectivity index (χ0v) is 9.52. The van der Waals surface area contributed by atoms with Gasteiger partial charge in [-0.05, 0) is 18.2 Å². The van der Waals surface area contributed by atoms with Crippen LogP contribution in [0.25, 0.3) is 0 Å². The predicted molar refractivity (Wildman–Crippen MR) is 52.4 cm³/mol. The molecule has 0 saturated heterocycles. The molecule has 0 aromatic heterocycles. The Balaban J connectivity index is 3.29. The lowest BCUT2D eigenvalue weighted by atomic mass is 10.1. The molecule has 0 saturated carbocycles. The molecule has 0 N–H and O–H groups in total. The minimum atomic E-state index is -4.96. The topological polar surface area (TPSA) is 26.3 Å². The van der Waals surface area contributed by atoms with Crippen LogP contribution >= 0.6 is 0 Å². The van der Waals surface area contributed by atoms with Gasteiger partial charge in [-0.25, -0.2) is 0 Å². The van der Waals surface area contributed by atoms with Crippen LogP contribution in [0.4, 0.5) is 26.3 Å². The average molecular weight is 286 g/mol. The lowest BCUT2D eigenvalue weighted by molar-refractivity contribution is -0.144. The molecule has 0 heterocycles. The van der Waals surface area contributed by atoms with Crippen molar-refractivity contribution in [1.29, 1.82) is 0 Å². The van der Waals surface area contributed by atoms with Crippen molar-refractivity contribution in [2.45, 2.75) is 25.7 Å². The van der Waals surface area contributed by atoms with Crippen LogP contribution in [0.5, 0.6) is 5.75 Å². The molecule has 0 amide bonds. The first kappa shape index (κ1) is 15.3. The summed E-state index contributed by atoms with van der Waals surface area (Å²) in [6.45, 7) is 1.36. The van der Waals surface area contributed by atoms with Crippen molar-refractivity contribution >= 4 is 5.97 Å².